The molecule has 3 aromatic carbocycles. The summed E-state index contributed by atoms with van der Waals surface area (Å²) in [5, 5.41) is 7.10. The highest BCUT2D eigenvalue weighted by atomic mass is 79.9. The second kappa shape index (κ2) is 8.07. The summed E-state index contributed by atoms with van der Waals surface area (Å²) in [4.78, 5) is 0. The van der Waals surface area contributed by atoms with E-state index in [1.54, 1.807) is 14.2 Å². The van der Waals surface area contributed by atoms with Crippen molar-refractivity contribution in [3.05, 3.63) is 88.4 Å². The second-order valence-corrected chi connectivity index (χ2v) is 7.42. The molecule has 28 heavy (non-hydrogen) atoms. The van der Waals surface area contributed by atoms with Gasteiger partial charge in [0.2, 0.25) is 0 Å². The molecular weight excluding hydrogens is 416 g/mol. The molecule has 4 nitrogen and oxygen atoms in total. The van der Waals surface area contributed by atoms with E-state index in [-0.39, 0.29) is 6.04 Å². The minimum Gasteiger partial charge on any atom is -0.497 e. The summed E-state index contributed by atoms with van der Waals surface area (Å²) in [6.07, 6.45) is 0.819. The molecule has 1 aliphatic heterocycles. The van der Waals surface area contributed by atoms with Crippen LogP contribution in [0.3, 0.4) is 0 Å². The lowest BCUT2D eigenvalue weighted by Gasteiger charge is -2.25. The minimum absolute atomic E-state index is 0.113. The molecule has 0 saturated carbocycles. The zero-order valence-corrected chi connectivity index (χ0v) is 17.4. The zero-order chi connectivity index (χ0) is 19.5. The largest absolute Gasteiger partial charge is 0.497 e. The molecule has 0 radical (unpaired) electrons. The smallest absolute Gasteiger partial charge is 0.118 e. The topological polar surface area (TPSA) is 34.1 Å². The van der Waals surface area contributed by atoms with E-state index < -0.39 is 0 Å². The zero-order valence-electron chi connectivity index (χ0n) is 15.8. The molecule has 1 unspecified atom stereocenters. The van der Waals surface area contributed by atoms with E-state index in [1.165, 1.54) is 5.56 Å². The molecule has 0 saturated heterocycles. The molecule has 0 N–H and O–H groups in total. The van der Waals surface area contributed by atoms with E-state index in [4.69, 9.17) is 14.6 Å². The van der Waals surface area contributed by atoms with Gasteiger partial charge in [0.15, 0.2) is 0 Å². The number of halogens is 1. The molecule has 4 rings (SSSR count). The second-order valence-electron chi connectivity index (χ2n) is 6.56. The van der Waals surface area contributed by atoms with Crippen LogP contribution in [0.2, 0.25) is 0 Å². The third kappa shape index (κ3) is 3.62. The number of methoxy groups -OCH3 is 2. The highest BCUT2D eigenvalue weighted by molar-refractivity contribution is 9.10. The number of hydrazone groups is 1. The van der Waals surface area contributed by atoms with Crippen LogP contribution >= 0.6 is 15.9 Å². The van der Waals surface area contributed by atoms with E-state index >= 15 is 0 Å². The summed E-state index contributed by atoms with van der Waals surface area (Å²) in [5.74, 6) is 1.70. The molecular formula is C23H21BrN2O2. The quantitative estimate of drug-likeness (QED) is 0.504. The van der Waals surface area contributed by atoms with Crippen molar-refractivity contribution in [2.45, 2.75) is 12.5 Å². The molecule has 0 amide bonds. The highest BCUT2D eigenvalue weighted by Gasteiger charge is 2.30. The SMILES string of the molecule is COc1ccc(C2=NN(c3ccccc3Br)C(c3ccc(OC)cc3)C2)cc1. The first-order valence-electron chi connectivity index (χ1n) is 9.09. The van der Waals surface area contributed by atoms with Crippen LogP contribution in [0.25, 0.3) is 0 Å². The molecule has 1 atom stereocenters. The minimum atomic E-state index is 0.113. The van der Waals surface area contributed by atoms with Crippen molar-refractivity contribution in [1.29, 1.82) is 0 Å². The van der Waals surface area contributed by atoms with Crippen LogP contribution in [-0.4, -0.2) is 19.9 Å². The normalized spacial score (nSPS) is 16.0. The first-order chi connectivity index (χ1) is 13.7. The van der Waals surface area contributed by atoms with E-state index in [1.807, 2.05) is 42.5 Å². The van der Waals surface area contributed by atoms with Gasteiger partial charge in [0.1, 0.15) is 11.5 Å². The van der Waals surface area contributed by atoms with Crippen LogP contribution in [0.15, 0.2) is 82.4 Å². The Hall–Kier alpha value is -2.79. The summed E-state index contributed by atoms with van der Waals surface area (Å²) in [7, 11) is 3.36. The molecule has 0 aromatic heterocycles. The lowest BCUT2D eigenvalue weighted by atomic mass is 9.98. The Kier molecular flexibility index (Phi) is 5.35. The summed E-state index contributed by atoms with van der Waals surface area (Å²) < 4.78 is 11.6. The van der Waals surface area contributed by atoms with Crippen LogP contribution < -0.4 is 14.5 Å². The molecule has 0 bridgehead atoms. The lowest BCUT2D eigenvalue weighted by molar-refractivity contribution is 0.414. The van der Waals surface area contributed by atoms with E-state index in [0.29, 0.717) is 0 Å². The van der Waals surface area contributed by atoms with Crippen molar-refractivity contribution in [2.75, 3.05) is 19.2 Å². The summed E-state index contributed by atoms with van der Waals surface area (Å²) >= 11 is 3.68. The number of ether oxygens (including phenoxy) is 2. The number of rotatable bonds is 5. The van der Waals surface area contributed by atoms with E-state index in [0.717, 1.165) is 39.4 Å². The van der Waals surface area contributed by atoms with Crippen LogP contribution in [0.5, 0.6) is 11.5 Å². The maximum Gasteiger partial charge on any atom is 0.118 e. The standard InChI is InChI=1S/C23H21BrN2O2/c1-27-18-11-7-16(8-12-18)21-15-23(17-9-13-19(28-2)14-10-17)26(25-21)22-6-4-3-5-20(22)24/h3-14,23H,15H2,1-2H3. The molecule has 1 aliphatic rings. The number of benzene rings is 3. The van der Waals surface area contributed by atoms with Gasteiger partial charge >= 0.3 is 0 Å². The molecule has 5 heteroatoms. The van der Waals surface area contributed by atoms with Crippen molar-refractivity contribution in [3.63, 3.8) is 0 Å². The first kappa shape index (κ1) is 18.6. The third-order valence-electron chi connectivity index (χ3n) is 4.93. The van der Waals surface area contributed by atoms with Gasteiger partial charge in [-0.2, -0.15) is 5.10 Å². The van der Waals surface area contributed by atoms with Crippen LogP contribution in [0, 0.1) is 0 Å². The Morgan fingerprint density at radius 1 is 0.857 bits per heavy atom. The summed E-state index contributed by atoms with van der Waals surface area (Å²) in [6, 6.07) is 24.6. The van der Waals surface area contributed by atoms with Crippen LogP contribution in [0.1, 0.15) is 23.6 Å². The van der Waals surface area contributed by atoms with E-state index in [2.05, 4.69) is 51.3 Å². The molecule has 0 aliphatic carbocycles. The number of hydrogen-bond acceptors (Lipinski definition) is 4. The van der Waals surface area contributed by atoms with Gasteiger partial charge in [-0.15, -0.1) is 0 Å². The van der Waals surface area contributed by atoms with Gasteiger partial charge in [0.25, 0.3) is 0 Å². The van der Waals surface area contributed by atoms with Gasteiger partial charge in [-0.3, -0.25) is 5.01 Å². The van der Waals surface area contributed by atoms with Gasteiger partial charge in [0.05, 0.1) is 31.7 Å². The maximum absolute atomic E-state index is 5.31. The molecule has 0 spiro atoms. The predicted molar refractivity (Wildman–Crippen MR) is 117 cm³/mol. The Balaban J connectivity index is 1.73. The predicted octanol–water partition coefficient (Wildman–Crippen LogP) is 5.82. The maximum atomic E-state index is 5.31. The number of nitrogens with zero attached hydrogens (tertiary/aromatic N) is 2. The van der Waals surface area contributed by atoms with Crippen molar-refractivity contribution in [3.8, 4) is 11.5 Å². The average Bonchev–Trinajstić information content (AvgIpc) is 3.19. The van der Waals surface area contributed by atoms with Gasteiger partial charge in [-0.05, 0) is 75.6 Å². The fourth-order valence-corrected chi connectivity index (χ4v) is 3.88. The van der Waals surface area contributed by atoms with Gasteiger partial charge in [-0.25, -0.2) is 0 Å². The Morgan fingerprint density at radius 3 is 2.07 bits per heavy atom. The Bertz CT molecular complexity index is 984. The van der Waals surface area contributed by atoms with Crippen molar-refractivity contribution >= 4 is 27.3 Å². The van der Waals surface area contributed by atoms with Gasteiger partial charge < -0.3 is 9.47 Å². The van der Waals surface area contributed by atoms with Crippen LogP contribution in [0.4, 0.5) is 5.69 Å². The Labute approximate surface area is 173 Å². The molecule has 1 heterocycles. The first-order valence-corrected chi connectivity index (χ1v) is 9.88. The van der Waals surface area contributed by atoms with Crippen LogP contribution in [-0.2, 0) is 0 Å². The van der Waals surface area contributed by atoms with Crippen molar-refractivity contribution in [1.82, 2.24) is 0 Å². The molecule has 3 aromatic rings. The number of anilines is 1. The highest BCUT2D eigenvalue weighted by Crippen LogP contribution is 2.40. The fraction of sp³-hybridized carbons (Fsp3) is 0.174. The number of hydrogen-bond donors (Lipinski definition) is 0. The van der Waals surface area contributed by atoms with Gasteiger partial charge in [0, 0.05) is 10.9 Å². The van der Waals surface area contributed by atoms with Gasteiger partial charge in [-0.1, -0.05) is 24.3 Å². The average molecular weight is 437 g/mol. The summed E-state index contributed by atoms with van der Waals surface area (Å²) in [5.41, 5.74) is 4.41. The number of para-hydroxylation sites is 1. The third-order valence-corrected chi connectivity index (χ3v) is 5.60. The molecule has 0 fully saturated rings. The van der Waals surface area contributed by atoms with Crippen molar-refractivity contribution < 1.29 is 9.47 Å². The monoisotopic (exact) mass is 436 g/mol. The van der Waals surface area contributed by atoms with E-state index in [9.17, 15) is 0 Å². The Morgan fingerprint density at radius 2 is 1.46 bits per heavy atom. The fourth-order valence-electron chi connectivity index (χ4n) is 3.41. The van der Waals surface area contributed by atoms with Crippen molar-refractivity contribution in [2.24, 2.45) is 5.10 Å². The summed E-state index contributed by atoms with van der Waals surface area (Å²) in [6.45, 7) is 0. The lowest BCUT2D eigenvalue weighted by Crippen LogP contribution is -2.18. The molecule has 142 valence electrons.